The molecule has 0 saturated carbocycles. The van der Waals surface area contributed by atoms with E-state index in [1.54, 1.807) is 0 Å². The number of likely N-dealkylation sites (tertiary alicyclic amines) is 2. The first-order chi connectivity index (χ1) is 32.6. The minimum Gasteiger partial charge on any atom is -0.480 e. The Morgan fingerprint density at radius 1 is 0.580 bits per heavy atom. The largest absolute Gasteiger partial charge is 0.480 e. The van der Waals surface area contributed by atoms with Gasteiger partial charge >= 0.3 is 5.97 Å². The molecule has 0 radical (unpaired) electrons. The molecule has 2 aliphatic rings. The van der Waals surface area contributed by atoms with E-state index in [4.69, 9.17) is 39.5 Å². The van der Waals surface area contributed by atoms with E-state index in [0.717, 1.165) is 0 Å². The molecule has 2 heterocycles. The fraction of sp³-hybridized carbons (Fsp3) is 0.762. The van der Waals surface area contributed by atoms with Gasteiger partial charge in [0.15, 0.2) is 11.9 Å². The number of carboxylic acids is 1. The van der Waals surface area contributed by atoms with Gasteiger partial charge in [0, 0.05) is 26.2 Å². The molecule has 2 unspecified atom stereocenters. The Bertz CT molecular complexity index is 1760. The lowest BCUT2D eigenvalue weighted by Crippen LogP contribution is -2.61. The van der Waals surface area contributed by atoms with Gasteiger partial charge in [0.2, 0.25) is 41.4 Å². The lowest BCUT2D eigenvalue weighted by Gasteiger charge is -2.32. The van der Waals surface area contributed by atoms with Crippen molar-refractivity contribution in [1.29, 1.82) is 10.8 Å². The molecule has 10 atom stereocenters. The van der Waals surface area contributed by atoms with Crippen LogP contribution in [0.25, 0.3) is 0 Å². The highest BCUT2D eigenvalue weighted by Gasteiger charge is 2.42. The van der Waals surface area contributed by atoms with Crippen molar-refractivity contribution < 1.29 is 53.7 Å². The zero-order valence-corrected chi connectivity index (χ0v) is 39.8. The molecular weight excluding hydrogens is 905 g/mol. The van der Waals surface area contributed by atoms with Crippen molar-refractivity contribution in [2.24, 2.45) is 28.7 Å². The first kappa shape index (κ1) is 59.2. The number of carbonyl (C=O) groups excluding carboxylic acids is 7. The standard InChI is InChI=1S/C42H78N16O11/c1-23(59)31(45)36(64)53-26(11-3-5-17-43)38(66)57-21-9-15-29(57)34(62)52-25(13-7-19-50-41(46)47)33(61)56-32(24(2)60)37(65)54-27(12-4-6-18-44)39(67)58-22-10-16-30(58)35(63)55-28(40(68)69)14-8-20-51-42(48)49/h23-32,59-60H,3-22,43-45H2,1-2H3,(H,52,62)(H,53,64)(H,54,65)(H,55,63)(H,56,61)(H,68,69)(H4,46,47,50)(H4,48,49,51)/t23?,24?,25-,26-,27-,28+,29-,30-,31+,32-/m0/s1. The van der Waals surface area contributed by atoms with Crippen molar-refractivity contribution >= 4 is 59.2 Å². The molecule has 2 rings (SSSR count). The number of nitrogens with two attached hydrogens (primary N) is 5. The molecule has 0 aromatic heterocycles. The average molecular weight is 983 g/mol. The highest BCUT2D eigenvalue weighted by molar-refractivity contribution is 5.98. The smallest absolute Gasteiger partial charge is 0.326 e. The van der Waals surface area contributed by atoms with Crippen LogP contribution in [0.4, 0.5) is 0 Å². The molecule has 22 N–H and O–H groups in total. The van der Waals surface area contributed by atoms with E-state index in [1.165, 1.54) is 23.6 Å². The van der Waals surface area contributed by atoms with Crippen LogP contribution in [-0.2, 0) is 38.4 Å². The molecule has 27 nitrogen and oxygen atoms in total. The topological polar surface area (TPSA) is 466 Å². The maximum absolute atomic E-state index is 14.2. The van der Waals surface area contributed by atoms with Crippen molar-refractivity contribution in [2.75, 3.05) is 39.3 Å². The molecule has 2 saturated heterocycles. The van der Waals surface area contributed by atoms with Gasteiger partial charge in [-0.25, -0.2) is 4.79 Å². The summed E-state index contributed by atoms with van der Waals surface area (Å²) in [7, 11) is 0. The van der Waals surface area contributed by atoms with Crippen LogP contribution >= 0.6 is 0 Å². The van der Waals surface area contributed by atoms with E-state index >= 15 is 0 Å². The van der Waals surface area contributed by atoms with Gasteiger partial charge in [-0.2, -0.15) is 0 Å². The number of aliphatic carboxylic acids is 1. The molecule has 392 valence electrons. The van der Waals surface area contributed by atoms with Gasteiger partial charge in [-0.1, -0.05) is 0 Å². The second-order valence-corrected chi connectivity index (χ2v) is 17.5. The molecule has 0 aliphatic carbocycles. The average Bonchev–Trinajstić information content (AvgIpc) is 4.00. The molecule has 69 heavy (non-hydrogen) atoms. The Balaban J connectivity index is 2.33. The van der Waals surface area contributed by atoms with E-state index in [2.05, 4.69) is 37.2 Å². The lowest BCUT2D eigenvalue weighted by atomic mass is 10.0. The number of carbonyl (C=O) groups is 8. The molecule has 0 aromatic carbocycles. The van der Waals surface area contributed by atoms with Crippen LogP contribution in [0.1, 0.15) is 104 Å². The summed E-state index contributed by atoms with van der Waals surface area (Å²) in [6, 6.07) is -10.2. The number of carboxylic acid groups (broad SMARTS) is 1. The first-order valence-electron chi connectivity index (χ1n) is 23.7. The lowest BCUT2D eigenvalue weighted by molar-refractivity contribution is -0.145. The Morgan fingerprint density at radius 2 is 1.00 bits per heavy atom. The van der Waals surface area contributed by atoms with E-state index in [-0.39, 0.29) is 96.0 Å². The first-order valence-corrected chi connectivity index (χ1v) is 23.7. The summed E-state index contributed by atoms with van der Waals surface area (Å²) in [4.78, 5) is 111. The molecule has 27 heteroatoms. The number of nitrogens with zero attached hydrogens (tertiary/aromatic N) is 2. The Kier molecular flexibility index (Phi) is 26.2. The van der Waals surface area contributed by atoms with Crippen molar-refractivity contribution in [3.8, 4) is 0 Å². The number of guanidine groups is 2. The zero-order chi connectivity index (χ0) is 51.8. The summed E-state index contributed by atoms with van der Waals surface area (Å²) in [6.45, 7) is 3.72. The molecule has 0 spiro atoms. The fourth-order valence-corrected chi connectivity index (χ4v) is 8.03. The van der Waals surface area contributed by atoms with Gasteiger partial charge in [-0.15, -0.1) is 0 Å². The highest BCUT2D eigenvalue weighted by Crippen LogP contribution is 2.22. The van der Waals surface area contributed by atoms with Crippen LogP contribution < -0.4 is 65.9 Å². The van der Waals surface area contributed by atoms with Crippen LogP contribution in [0.15, 0.2) is 0 Å². The van der Waals surface area contributed by atoms with Crippen molar-refractivity contribution in [3.63, 3.8) is 0 Å². The number of hydrogen-bond acceptors (Lipinski definition) is 15. The van der Waals surface area contributed by atoms with Crippen molar-refractivity contribution in [1.82, 2.24) is 47.0 Å². The minimum absolute atomic E-state index is 0.00420. The Hall–Kier alpha value is -5.90. The monoisotopic (exact) mass is 983 g/mol. The highest BCUT2D eigenvalue weighted by atomic mass is 16.4. The van der Waals surface area contributed by atoms with Gasteiger partial charge < -0.3 is 91.0 Å². The number of nitrogens with one attached hydrogen (secondary N) is 9. The molecule has 2 fully saturated rings. The molecule has 0 aromatic rings. The molecule has 7 amide bonds. The summed E-state index contributed by atoms with van der Waals surface area (Å²) in [5.74, 6) is -7.25. The predicted octanol–water partition coefficient (Wildman–Crippen LogP) is -5.65. The third-order valence-electron chi connectivity index (χ3n) is 11.9. The summed E-state index contributed by atoms with van der Waals surface area (Å²) in [6.07, 6.45) is 0.835. The minimum atomic E-state index is -1.68. The van der Waals surface area contributed by atoms with E-state index in [0.29, 0.717) is 45.1 Å². The second kappa shape index (κ2) is 30.6. The molecule has 2 aliphatic heterocycles. The van der Waals surface area contributed by atoms with Crippen molar-refractivity contribution in [3.05, 3.63) is 0 Å². The van der Waals surface area contributed by atoms with Gasteiger partial charge in [0.1, 0.15) is 48.3 Å². The second-order valence-electron chi connectivity index (χ2n) is 17.5. The Morgan fingerprint density at radius 3 is 1.41 bits per heavy atom. The fourth-order valence-electron chi connectivity index (χ4n) is 8.03. The maximum Gasteiger partial charge on any atom is 0.326 e. The number of hydrogen-bond donors (Lipinski definition) is 17. The third kappa shape index (κ3) is 19.9. The van der Waals surface area contributed by atoms with Gasteiger partial charge in [-0.3, -0.25) is 44.4 Å². The van der Waals surface area contributed by atoms with Crippen LogP contribution in [0.5, 0.6) is 0 Å². The van der Waals surface area contributed by atoms with Crippen LogP contribution in [-0.4, -0.2) is 184 Å². The van der Waals surface area contributed by atoms with Gasteiger partial charge in [0.25, 0.3) is 0 Å². The van der Waals surface area contributed by atoms with Crippen LogP contribution in [0.3, 0.4) is 0 Å². The van der Waals surface area contributed by atoms with E-state index in [9.17, 15) is 53.7 Å². The molecule has 0 bridgehead atoms. The number of aliphatic hydroxyl groups excluding tert-OH is 2. The van der Waals surface area contributed by atoms with Crippen LogP contribution in [0.2, 0.25) is 0 Å². The maximum atomic E-state index is 14.2. The normalized spacial score (nSPS) is 19.1. The summed E-state index contributed by atoms with van der Waals surface area (Å²) in [5, 5.41) is 63.3. The van der Waals surface area contributed by atoms with Gasteiger partial charge in [-0.05, 0) is 117 Å². The number of aliphatic hydroxyl groups is 2. The summed E-state index contributed by atoms with van der Waals surface area (Å²) >= 11 is 0. The quantitative estimate of drug-likeness (QED) is 0.0175. The Labute approximate surface area is 402 Å². The van der Waals surface area contributed by atoms with Gasteiger partial charge in [0.05, 0.1) is 12.2 Å². The zero-order valence-electron chi connectivity index (χ0n) is 39.8. The number of unbranched alkanes of at least 4 members (excludes halogenated alkanes) is 2. The van der Waals surface area contributed by atoms with Crippen LogP contribution in [0, 0.1) is 10.8 Å². The van der Waals surface area contributed by atoms with Crippen molar-refractivity contribution in [2.45, 2.75) is 164 Å². The summed E-state index contributed by atoms with van der Waals surface area (Å²) < 4.78 is 0. The SMILES string of the molecule is CC(O)[C@H](NC(=O)[C@H](CCCNC(=N)N)NC(=O)[C@@H]1CCCN1C(=O)[C@H](CCCCN)NC(=O)[C@H](N)C(C)O)C(=O)N[C@@H](CCCCN)C(=O)N1CCC[C@H]1C(=O)N[C@H](CCCNC(=N)N)C(=O)O. The summed E-state index contributed by atoms with van der Waals surface area (Å²) in [5.41, 5.74) is 27.9. The van der Waals surface area contributed by atoms with E-state index < -0.39 is 108 Å². The predicted molar refractivity (Wildman–Crippen MR) is 252 cm³/mol. The number of rotatable bonds is 31. The molecular formula is C42H78N16O11. The number of amides is 7. The third-order valence-corrected chi connectivity index (χ3v) is 11.9. The van der Waals surface area contributed by atoms with E-state index in [1.807, 2.05) is 0 Å².